The fourth-order valence-corrected chi connectivity index (χ4v) is 2.01. The Hall–Kier alpha value is -1.26. The normalized spacial score (nSPS) is 20.5. The van der Waals surface area contributed by atoms with Crippen molar-refractivity contribution in [2.75, 3.05) is 19.6 Å². The lowest BCUT2D eigenvalue weighted by atomic mass is 10.1. The molecule has 5 heteroatoms. The lowest BCUT2D eigenvalue weighted by molar-refractivity contribution is -0.138. The summed E-state index contributed by atoms with van der Waals surface area (Å²) in [5, 5.41) is 8.88. The predicted octanol–water partition coefficient (Wildman–Crippen LogP) is 1.63. The molecule has 0 radical (unpaired) electrons. The van der Waals surface area contributed by atoms with Gasteiger partial charge < -0.3 is 14.9 Å². The molecule has 17 heavy (non-hydrogen) atoms. The molecule has 0 aromatic carbocycles. The Morgan fingerprint density at radius 3 is 2.35 bits per heavy atom. The van der Waals surface area contributed by atoms with E-state index in [2.05, 4.69) is 6.92 Å². The van der Waals surface area contributed by atoms with Crippen LogP contribution in [0.4, 0.5) is 4.79 Å². The molecule has 1 N–H and O–H groups in total. The molecule has 5 nitrogen and oxygen atoms in total. The third kappa shape index (κ3) is 3.61. The molecule has 0 aliphatic carbocycles. The minimum Gasteiger partial charge on any atom is -0.480 e. The average molecular weight is 242 g/mol. The molecular weight excluding hydrogens is 220 g/mol. The van der Waals surface area contributed by atoms with Crippen LogP contribution in [0.2, 0.25) is 0 Å². The van der Waals surface area contributed by atoms with Gasteiger partial charge in [0.2, 0.25) is 0 Å². The van der Waals surface area contributed by atoms with Gasteiger partial charge in [-0.1, -0.05) is 6.92 Å². The van der Waals surface area contributed by atoms with E-state index < -0.39 is 11.5 Å². The minimum absolute atomic E-state index is 0.163. The summed E-state index contributed by atoms with van der Waals surface area (Å²) < 4.78 is 0. The summed E-state index contributed by atoms with van der Waals surface area (Å²) in [6, 6.07) is -0.163. The molecule has 2 amide bonds. The Kier molecular flexibility index (Phi) is 4.01. The van der Waals surface area contributed by atoms with Gasteiger partial charge in [-0.3, -0.25) is 4.79 Å². The first kappa shape index (κ1) is 13.8. The molecule has 1 atom stereocenters. The van der Waals surface area contributed by atoms with E-state index in [0.29, 0.717) is 5.92 Å². The zero-order valence-electron chi connectivity index (χ0n) is 11.1. The Morgan fingerprint density at radius 2 is 2.00 bits per heavy atom. The van der Waals surface area contributed by atoms with Crippen molar-refractivity contribution in [3.63, 3.8) is 0 Å². The summed E-state index contributed by atoms with van der Waals surface area (Å²) in [6.45, 7) is 8.88. The van der Waals surface area contributed by atoms with E-state index in [-0.39, 0.29) is 12.6 Å². The van der Waals surface area contributed by atoms with Gasteiger partial charge in [0.05, 0.1) is 0 Å². The number of hydrogen-bond donors (Lipinski definition) is 1. The lowest BCUT2D eigenvalue weighted by Crippen LogP contribution is -2.53. The molecule has 1 unspecified atom stereocenters. The fourth-order valence-electron chi connectivity index (χ4n) is 2.01. The summed E-state index contributed by atoms with van der Waals surface area (Å²) in [7, 11) is 0. The molecule has 1 fully saturated rings. The first-order valence-electron chi connectivity index (χ1n) is 6.00. The third-order valence-corrected chi connectivity index (χ3v) is 3.03. The molecule has 1 aliphatic heterocycles. The Morgan fingerprint density at radius 1 is 1.41 bits per heavy atom. The number of hydrogen-bond acceptors (Lipinski definition) is 2. The highest BCUT2D eigenvalue weighted by atomic mass is 16.4. The highest BCUT2D eigenvalue weighted by molar-refractivity contribution is 5.81. The molecule has 0 spiro atoms. The van der Waals surface area contributed by atoms with E-state index in [0.717, 1.165) is 19.5 Å². The number of urea groups is 1. The van der Waals surface area contributed by atoms with Gasteiger partial charge in [0.25, 0.3) is 0 Å². The first-order valence-corrected chi connectivity index (χ1v) is 6.00. The van der Waals surface area contributed by atoms with E-state index in [1.165, 1.54) is 4.90 Å². The highest BCUT2D eigenvalue weighted by Crippen LogP contribution is 2.21. The number of carboxylic acids is 1. The second kappa shape index (κ2) is 4.94. The predicted molar refractivity (Wildman–Crippen MR) is 64.8 cm³/mol. The number of rotatable bonds is 2. The van der Waals surface area contributed by atoms with Crippen molar-refractivity contribution in [3.8, 4) is 0 Å². The molecule has 0 saturated carbocycles. The topological polar surface area (TPSA) is 60.9 Å². The zero-order chi connectivity index (χ0) is 13.2. The van der Waals surface area contributed by atoms with Crippen LogP contribution in [0.3, 0.4) is 0 Å². The van der Waals surface area contributed by atoms with Gasteiger partial charge in [0, 0.05) is 18.6 Å². The summed E-state index contributed by atoms with van der Waals surface area (Å²) in [6.07, 6.45) is 0.997. The van der Waals surface area contributed by atoms with E-state index in [1.807, 2.05) is 20.8 Å². The number of carboxylic acid groups (broad SMARTS) is 1. The van der Waals surface area contributed by atoms with Crippen molar-refractivity contribution in [1.29, 1.82) is 0 Å². The SMILES string of the molecule is CC1CCN(C(=O)N(CC(=O)O)C(C)(C)C)C1. The highest BCUT2D eigenvalue weighted by Gasteiger charge is 2.34. The standard InChI is InChI=1S/C12H22N2O3/c1-9-5-6-13(7-9)11(17)14(8-10(15)16)12(2,3)4/h9H,5-8H2,1-4H3,(H,15,16). The van der Waals surface area contributed by atoms with Gasteiger partial charge in [-0.15, -0.1) is 0 Å². The van der Waals surface area contributed by atoms with Gasteiger partial charge in [-0.05, 0) is 33.1 Å². The van der Waals surface area contributed by atoms with Gasteiger partial charge in [0.1, 0.15) is 6.54 Å². The van der Waals surface area contributed by atoms with Crippen LogP contribution >= 0.6 is 0 Å². The van der Waals surface area contributed by atoms with Crippen molar-refractivity contribution in [1.82, 2.24) is 9.80 Å². The van der Waals surface area contributed by atoms with Crippen LogP contribution in [0.25, 0.3) is 0 Å². The quantitative estimate of drug-likeness (QED) is 0.800. The molecule has 1 rings (SSSR count). The second-order valence-corrected chi connectivity index (χ2v) is 5.77. The maximum atomic E-state index is 12.3. The monoisotopic (exact) mass is 242 g/mol. The van der Waals surface area contributed by atoms with E-state index in [4.69, 9.17) is 5.11 Å². The van der Waals surface area contributed by atoms with Crippen LogP contribution in [0, 0.1) is 5.92 Å². The summed E-state index contributed by atoms with van der Waals surface area (Å²) in [4.78, 5) is 26.3. The molecule has 0 aromatic rings. The molecule has 1 aliphatic rings. The van der Waals surface area contributed by atoms with Gasteiger partial charge in [-0.25, -0.2) is 4.79 Å². The third-order valence-electron chi connectivity index (χ3n) is 3.03. The molecule has 0 aromatic heterocycles. The number of likely N-dealkylation sites (tertiary alicyclic amines) is 1. The number of carbonyl (C=O) groups excluding carboxylic acids is 1. The van der Waals surface area contributed by atoms with Crippen molar-refractivity contribution >= 4 is 12.0 Å². The van der Waals surface area contributed by atoms with E-state index >= 15 is 0 Å². The maximum absolute atomic E-state index is 12.3. The van der Waals surface area contributed by atoms with Crippen LogP contribution in [0.15, 0.2) is 0 Å². The maximum Gasteiger partial charge on any atom is 0.323 e. The van der Waals surface area contributed by atoms with Crippen molar-refractivity contribution in [2.45, 2.75) is 39.7 Å². The van der Waals surface area contributed by atoms with E-state index in [9.17, 15) is 9.59 Å². The van der Waals surface area contributed by atoms with Gasteiger partial charge in [0.15, 0.2) is 0 Å². The first-order chi connectivity index (χ1) is 7.71. The van der Waals surface area contributed by atoms with Crippen LogP contribution in [0.1, 0.15) is 34.1 Å². The molecule has 0 bridgehead atoms. The molecular formula is C12H22N2O3. The van der Waals surface area contributed by atoms with Crippen molar-refractivity contribution in [2.24, 2.45) is 5.92 Å². The lowest BCUT2D eigenvalue weighted by Gasteiger charge is -2.37. The van der Waals surface area contributed by atoms with Gasteiger partial charge in [-0.2, -0.15) is 0 Å². The van der Waals surface area contributed by atoms with Crippen molar-refractivity contribution < 1.29 is 14.7 Å². The molecule has 1 saturated heterocycles. The number of carbonyl (C=O) groups is 2. The average Bonchev–Trinajstić information content (AvgIpc) is 2.58. The van der Waals surface area contributed by atoms with Crippen molar-refractivity contribution in [3.05, 3.63) is 0 Å². The Labute approximate surface area is 102 Å². The molecule has 1 heterocycles. The largest absolute Gasteiger partial charge is 0.480 e. The van der Waals surface area contributed by atoms with Crippen LogP contribution in [0.5, 0.6) is 0 Å². The van der Waals surface area contributed by atoms with Crippen LogP contribution < -0.4 is 0 Å². The van der Waals surface area contributed by atoms with Crippen LogP contribution in [-0.4, -0.2) is 52.1 Å². The summed E-state index contributed by atoms with van der Waals surface area (Å²) >= 11 is 0. The number of aliphatic carboxylic acids is 1. The summed E-state index contributed by atoms with van der Waals surface area (Å²) in [5.74, 6) is -0.467. The zero-order valence-corrected chi connectivity index (χ0v) is 11.1. The Bertz CT molecular complexity index is 309. The molecule has 98 valence electrons. The number of nitrogens with zero attached hydrogens (tertiary/aromatic N) is 2. The summed E-state index contributed by atoms with van der Waals surface area (Å²) in [5.41, 5.74) is -0.471. The second-order valence-electron chi connectivity index (χ2n) is 5.77. The Balaban J connectivity index is 2.76. The van der Waals surface area contributed by atoms with E-state index in [1.54, 1.807) is 4.90 Å². The van der Waals surface area contributed by atoms with Crippen LogP contribution in [-0.2, 0) is 4.79 Å². The minimum atomic E-state index is -0.972. The van der Waals surface area contributed by atoms with Gasteiger partial charge >= 0.3 is 12.0 Å². The smallest absolute Gasteiger partial charge is 0.323 e. The number of amides is 2. The fraction of sp³-hybridized carbons (Fsp3) is 0.833.